The van der Waals surface area contributed by atoms with E-state index in [0.29, 0.717) is 50.0 Å². The van der Waals surface area contributed by atoms with Crippen molar-refractivity contribution >= 4 is 124 Å². The molecular formula is C84H124N18O28S. The summed E-state index contributed by atoms with van der Waals surface area (Å²) < 4.78 is 0. The summed E-state index contributed by atoms with van der Waals surface area (Å²) >= 11 is 0.855. The first-order valence-corrected chi connectivity index (χ1v) is 43.7. The minimum atomic E-state index is -2.23. The van der Waals surface area contributed by atoms with Gasteiger partial charge in [-0.15, -0.1) is 11.8 Å². The second kappa shape index (κ2) is 57.4. The van der Waals surface area contributed by atoms with Crippen LogP contribution in [-0.2, 0) is 110 Å². The van der Waals surface area contributed by atoms with Crippen molar-refractivity contribution in [1.82, 2.24) is 90.0 Å². The molecule has 0 aromatic heterocycles. The number of phenols is 2. The molecule has 27 N–H and O–H groups in total. The van der Waals surface area contributed by atoms with Gasteiger partial charge in [-0.25, -0.2) is 0 Å². The van der Waals surface area contributed by atoms with E-state index in [1.54, 1.807) is 50.8 Å². The normalized spacial score (nSPS) is 15.5. The van der Waals surface area contributed by atoms with Crippen molar-refractivity contribution in [2.45, 2.75) is 216 Å². The molecule has 1 aliphatic heterocycles. The van der Waals surface area contributed by atoms with Crippen LogP contribution >= 0.6 is 11.8 Å². The van der Waals surface area contributed by atoms with E-state index < -0.39 is 261 Å². The number of thioether (sulfide) groups is 1. The van der Waals surface area contributed by atoms with Gasteiger partial charge >= 0.3 is 17.9 Å². The molecule has 3 aromatic rings. The number of carbonyl (C=O) groups is 19. The predicted molar refractivity (Wildman–Crippen MR) is 468 cm³/mol. The van der Waals surface area contributed by atoms with Crippen molar-refractivity contribution in [2.75, 3.05) is 70.5 Å². The van der Waals surface area contributed by atoms with Gasteiger partial charge in [0.15, 0.2) is 0 Å². The predicted octanol–water partition coefficient (Wildman–Crippen LogP) is -7.37. The number of amides is 16. The third kappa shape index (κ3) is 40.9. The molecular weight excluding hydrogens is 1740 g/mol. The third-order valence-electron chi connectivity index (χ3n) is 20.4. The lowest BCUT2D eigenvalue weighted by Crippen LogP contribution is -2.63. The summed E-state index contributed by atoms with van der Waals surface area (Å²) in [6.45, 7) is 8.82. The van der Waals surface area contributed by atoms with E-state index in [1.165, 1.54) is 67.6 Å². The van der Waals surface area contributed by atoms with Crippen molar-refractivity contribution in [3.8, 4) is 11.5 Å². The van der Waals surface area contributed by atoms with Crippen molar-refractivity contribution in [3.63, 3.8) is 0 Å². The van der Waals surface area contributed by atoms with Crippen LogP contribution in [0.2, 0.25) is 0 Å². The second-order valence-electron chi connectivity index (χ2n) is 31.9. The fourth-order valence-electron chi connectivity index (χ4n) is 13.0. The van der Waals surface area contributed by atoms with Crippen LogP contribution in [0, 0.1) is 11.8 Å². The van der Waals surface area contributed by atoms with Crippen LogP contribution in [0.3, 0.4) is 0 Å². The summed E-state index contributed by atoms with van der Waals surface area (Å²) in [5, 5.41) is 131. The van der Waals surface area contributed by atoms with Crippen molar-refractivity contribution < 1.29 is 137 Å². The Balaban J connectivity index is 1.52. The Bertz CT molecular complexity index is 4360. The van der Waals surface area contributed by atoms with Gasteiger partial charge in [0.1, 0.15) is 84.0 Å². The number of piperazine rings is 1. The summed E-state index contributed by atoms with van der Waals surface area (Å²) in [4.78, 5) is 259. The fourth-order valence-corrected chi connectivity index (χ4v) is 13.7. The van der Waals surface area contributed by atoms with Crippen molar-refractivity contribution in [3.05, 3.63) is 95.6 Å². The molecule has 16 amide bonds. The number of nitrogens with zero attached hydrogens (tertiary/aromatic N) is 1. The number of hydrogen-bond donors (Lipinski definition) is 26. The van der Waals surface area contributed by atoms with Gasteiger partial charge in [0.05, 0.1) is 62.9 Å². The Morgan fingerprint density at radius 3 is 1.34 bits per heavy atom. The Hall–Kier alpha value is -12.7. The summed E-state index contributed by atoms with van der Waals surface area (Å²) in [6, 6.07) is -4.25. The number of aliphatic hydroxyl groups excluding tert-OH is 4. The quantitative estimate of drug-likeness (QED) is 0.0234. The minimum Gasteiger partial charge on any atom is -0.508 e. The number of nitrogens with two attached hydrogens (primary N) is 1. The first-order chi connectivity index (χ1) is 61.9. The molecule has 0 unspecified atom stereocenters. The zero-order chi connectivity index (χ0) is 97.7. The van der Waals surface area contributed by atoms with Crippen LogP contribution in [0.5, 0.6) is 11.5 Å². The lowest BCUT2D eigenvalue weighted by atomic mass is 9.96. The van der Waals surface area contributed by atoms with E-state index in [9.17, 15) is 137 Å². The molecule has 1 saturated heterocycles. The van der Waals surface area contributed by atoms with E-state index in [2.05, 4.69) is 85.1 Å². The number of unbranched alkanes of at least 4 members (excludes halogenated alkanes) is 1. The van der Waals surface area contributed by atoms with Gasteiger partial charge in [-0.2, -0.15) is 0 Å². The average Bonchev–Trinajstić information content (AvgIpc) is 0.834. The highest BCUT2D eigenvalue weighted by Crippen LogP contribution is 2.18. The molecule has 0 spiro atoms. The molecule has 1 heterocycles. The number of aliphatic carboxylic acids is 3. The Labute approximate surface area is 759 Å². The number of aromatic hydroxyl groups is 2. The molecule has 47 heteroatoms. The van der Waals surface area contributed by atoms with Gasteiger partial charge in [0.2, 0.25) is 94.5 Å². The van der Waals surface area contributed by atoms with E-state index in [0.717, 1.165) is 25.6 Å². The lowest BCUT2D eigenvalue weighted by Gasteiger charge is -2.30. The van der Waals surface area contributed by atoms with Crippen LogP contribution in [0.15, 0.2) is 78.9 Å². The van der Waals surface area contributed by atoms with E-state index in [4.69, 9.17) is 5.73 Å². The molecule has 3 aromatic carbocycles. The average molecular weight is 1870 g/mol. The van der Waals surface area contributed by atoms with Crippen LogP contribution in [0.25, 0.3) is 0 Å². The van der Waals surface area contributed by atoms with Gasteiger partial charge in [-0.3, -0.25) is 91.1 Å². The zero-order valence-corrected chi connectivity index (χ0v) is 74.6. The molecule has 16 atom stereocenters. The molecule has 4 rings (SSSR count). The van der Waals surface area contributed by atoms with Gasteiger partial charge in [0.25, 0.3) is 0 Å². The third-order valence-corrected chi connectivity index (χ3v) is 21.4. The molecule has 0 aliphatic carbocycles. The van der Waals surface area contributed by atoms with Crippen LogP contribution in [0.4, 0.5) is 0 Å². The Kier molecular flexibility index (Phi) is 48.4. The number of benzene rings is 3. The minimum absolute atomic E-state index is 0.0788. The summed E-state index contributed by atoms with van der Waals surface area (Å²) in [5.41, 5.74) is 6.49. The van der Waals surface area contributed by atoms with Crippen LogP contribution in [-0.4, -0.2) is 325 Å². The van der Waals surface area contributed by atoms with E-state index in [1.807, 2.05) is 0 Å². The maximum Gasteiger partial charge on any atom is 0.305 e. The van der Waals surface area contributed by atoms with Crippen LogP contribution < -0.4 is 90.8 Å². The number of rotatable bonds is 59. The van der Waals surface area contributed by atoms with Crippen molar-refractivity contribution in [1.29, 1.82) is 0 Å². The Morgan fingerprint density at radius 1 is 0.443 bits per heavy atom. The van der Waals surface area contributed by atoms with Gasteiger partial charge < -0.3 is 142 Å². The monoisotopic (exact) mass is 1860 g/mol. The van der Waals surface area contributed by atoms with Crippen LogP contribution in [0.1, 0.15) is 123 Å². The molecule has 1 aliphatic rings. The number of carboxylic acid groups (broad SMARTS) is 3. The molecule has 0 radical (unpaired) electrons. The molecule has 1 fully saturated rings. The van der Waals surface area contributed by atoms with Crippen molar-refractivity contribution in [2.24, 2.45) is 17.6 Å². The molecule has 724 valence electrons. The molecule has 0 bridgehead atoms. The van der Waals surface area contributed by atoms with Gasteiger partial charge in [-0.1, -0.05) is 95.1 Å². The Morgan fingerprint density at radius 2 is 0.863 bits per heavy atom. The van der Waals surface area contributed by atoms with Gasteiger partial charge in [0, 0.05) is 57.9 Å². The summed E-state index contributed by atoms with van der Waals surface area (Å²) in [5.74, 6) is -23.5. The van der Waals surface area contributed by atoms with E-state index >= 15 is 0 Å². The summed E-state index contributed by atoms with van der Waals surface area (Å²) in [7, 11) is 0. The van der Waals surface area contributed by atoms with E-state index in [-0.39, 0.29) is 79.3 Å². The summed E-state index contributed by atoms with van der Waals surface area (Å²) in [6.07, 6.45) is -6.36. The zero-order valence-electron chi connectivity index (χ0n) is 73.8. The first kappa shape index (κ1) is 111. The maximum atomic E-state index is 14.7. The first-order valence-electron chi connectivity index (χ1n) is 42.5. The van der Waals surface area contributed by atoms with Gasteiger partial charge in [-0.05, 0) is 106 Å². The number of carboxylic acids is 3. The topological polar surface area (TPSA) is 728 Å². The largest absolute Gasteiger partial charge is 0.508 e. The maximum absolute atomic E-state index is 14.7. The molecule has 0 saturated carbocycles. The number of phenolic OH excluding ortho intramolecular Hbond substituents is 2. The SMILES string of the molecule is CC[C@H](C)[C@H](NC(=O)[C@H](CO)NC(=O)[C@H](Cc1ccc(O)cc1)NC(=O)[C@H](CC(=O)O)NC(=O)[C@H](CO)NC(=O)[C@@H](NC(=O)[C@H](Cc1ccccc1)NC(=O)[C@@H](NC(=O)CNC(=O)[C@H](CCC(=O)O)NC(=O)CSCC(=O)NCCN1CCNCC1=O)[C@@H](C)O)[C@@H](C)O)C(=O)N[C@@H](Cc1ccc(O)cc1)C(=O)N[C@@H](CC(C)C)C(=O)N[C@@H](CC(=O)O)C(=O)N[C@H](C)CCCCN. The molecule has 46 nitrogen and oxygen atoms in total. The highest BCUT2D eigenvalue weighted by atomic mass is 32.2. The number of carbonyl (C=O) groups excluding carboxylic acids is 16. The smallest absolute Gasteiger partial charge is 0.305 e. The highest BCUT2D eigenvalue weighted by Gasteiger charge is 2.40. The fraction of sp³-hybridized carbons (Fsp3) is 0.560. The molecule has 131 heavy (non-hydrogen) atoms. The number of aliphatic hydroxyl groups is 4. The number of nitrogens with one attached hydrogen (secondary N) is 16. The standard InChI is InChI=1S/C84H124N18O28S/c1-8-45(4)70(82(128)95-57(35-51-19-23-53(108)24-20-51)76(122)91-55(32-44(2)3)75(121)93-59(36-68(115)116)74(120)89-46(5)14-12-13-27-85)100-81(127)62(41-104)97-77(123)56(34-50-17-21-52(107)22-18-50)92-78(124)60(37-69(117)118)94-80(126)61(40-103)98-84(130)72(48(7)106)101-79(125)58(33-49-15-10-9-11-16-49)96-83(129)71(47(6)105)99-63(109)38-88-73(119)54(25-26-67(113)114)90-65(111)43-131-42-64(110)87-29-31-102-30-28-86-39-66(102)112/h9-11,15-24,44-48,54-62,70-72,86,103-108H,8,12-14,25-43,85H2,1-7H3,(H,87,110)(H,88,119)(H,89,120)(H,90,111)(H,91,122)(H,92,124)(H,93,121)(H,94,126)(H,95,128)(H,96,129)(H,97,123)(H,98,130)(H,99,109)(H,100,127)(H,101,125)(H,113,114)(H,115,116)(H,117,118)/t45-,46+,47+,48+,54-,55-,56-,57-,58-,59-,60-,61-,62-,70-,71-,72-/m0/s1. The highest BCUT2D eigenvalue weighted by molar-refractivity contribution is 8.00. The second-order valence-corrected chi connectivity index (χ2v) is 32.8. The number of hydrogen-bond acceptors (Lipinski definition) is 28. The lowest BCUT2D eigenvalue weighted by molar-refractivity contribution is -0.142.